The van der Waals surface area contributed by atoms with Gasteiger partial charge in [0.15, 0.2) is 11.4 Å². The third-order valence-electron chi connectivity index (χ3n) is 7.27. The Morgan fingerprint density at radius 2 is 1.76 bits per heavy atom. The zero-order valence-electron chi connectivity index (χ0n) is 21.8. The van der Waals surface area contributed by atoms with E-state index in [4.69, 9.17) is 4.74 Å². The van der Waals surface area contributed by atoms with E-state index < -0.39 is 76.6 Å². The van der Waals surface area contributed by atoms with Crippen molar-refractivity contribution in [3.63, 3.8) is 0 Å². The lowest BCUT2D eigenvalue weighted by Crippen LogP contribution is -2.59. The molecule has 3 aromatic rings. The van der Waals surface area contributed by atoms with Gasteiger partial charge in [0, 0.05) is 36.5 Å². The van der Waals surface area contributed by atoms with Crippen LogP contribution < -0.4 is 20.5 Å². The molecule has 2 aliphatic rings. The Morgan fingerprint density at radius 1 is 1.07 bits per heavy atom. The number of fused-ring (bicyclic) bond motifs is 4. The topological polar surface area (TPSA) is 83.9 Å². The van der Waals surface area contributed by atoms with Crippen molar-refractivity contribution in [2.24, 2.45) is 0 Å². The molecule has 5 rings (SSSR count). The molecule has 2 aromatic carbocycles. The van der Waals surface area contributed by atoms with Gasteiger partial charge in [-0.05, 0) is 25.3 Å². The van der Waals surface area contributed by atoms with Gasteiger partial charge in [-0.1, -0.05) is 30.3 Å². The van der Waals surface area contributed by atoms with Gasteiger partial charge in [-0.3, -0.25) is 24.1 Å². The average molecular weight is 577 g/mol. The zero-order chi connectivity index (χ0) is 29.4. The van der Waals surface area contributed by atoms with Crippen molar-refractivity contribution >= 4 is 11.8 Å². The first-order chi connectivity index (χ1) is 19.6. The lowest BCUT2D eigenvalue weighted by molar-refractivity contribution is 0.0576. The van der Waals surface area contributed by atoms with E-state index in [1.54, 1.807) is 37.3 Å². The number of nitrogens with zero attached hydrogens (tertiary/aromatic N) is 3. The first-order valence-electron chi connectivity index (χ1n) is 12.8. The highest BCUT2D eigenvalue weighted by molar-refractivity contribution is 5.99. The third-order valence-corrected chi connectivity index (χ3v) is 7.27. The summed E-state index contributed by atoms with van der Waals surface area (Å²) in [4.78, 5) is 41.7. The van der Waals surface area contributed by atoms with Crippen molar-refractivity contribution in [3.05, 3.63) is 98.7 Å². The summed E-state index contributed by atoms with van der Waals surface area (Å²) in [5.74, 6) is -5.91. The molecule has 0 aliphatic carbocycles. The van der Waals surface area contributed by atoms with Crippen molar-refractivity contribution in [2.45, 2.75) is 51.4 Å². The Labute approximate surface area is 230 Å². The first kappa shape index (κ1) is 28.1. The largest absolute Gasteiger partial charge is 0.482 e. The van der Waals surface area contributed by atoms with Crippen LogP contribution >= 0.6 is 0 Å². The molecule has 2 atom stereocenters. The standard InChI is InChI=1S/C28H25F5N4O4/c1-15-7-8-22(26(32)33)37-14-35(15)28(40)23-25(41-13-16-5-3-2-4-6-16)24(38)19(12-36(23)37)27(39)34-11-18-20(30)9-17(29)10-21(18)31/h2-6,9-10,12,15,22,26H,7-8,11,13-14H2,1H3,(H,34,39)/t15-,22-/m0/s1. The van der Waals surface area contributed by atoms with Crippen LogP contribution in [-0.2, 0) is 13.2 Å². The summed E-state index contributed by atoms with van der Waals surface area (Å²) in [7, 11) is 0. The van der Waals surface area contributed by atoms with Crippen LogP contribution in [-0.4, -0.2) is 46.6 Å². The van der Waals surface area contributed by atoms with Crippen LogP contribution in [0, 0.1) is 17.5 Å². The number of aromatic nitrogens is 1. The van der Waals surface area contributed by atoms with Crippen molar-refractivity contribution in [1.82, 2.24) is 14.9 Å². The minimum absolute atomic E-state index is 0.0268. The van der Waals surface area contributed by atoms with Gasteiger partial charge >= 0.3 is 0 Å². The lowest BCUT2D eigenvalue weighted by atomic mass is 10.1. The molecule has 2 aliphatic heterocycles. The fraction of sp³-hybridized carbons (Fsp3) is 0.321. The maximum atomic E-state index is 14.2. The Morgan fingerprint density at radius 3 is 2.41 bits per heavy atom. The fourth-order valence-electron chi connectivity index (χ4n) is 5.01. The number of rotatable bonds is 7. The van der Waals surface area contributed by atoms with Crippen molar-refractivity contribution in [1.29, 1.82) is 0 Å². The molecule has 8 nitrogen and oxygen atoms in total. The number of benzene rings is 2. The summed E-state index contributed by atoms with van der Waals surface area (Å²) < 4.78 is 76.8. The Bertz CT molecular complexity index is 1530. The Hall–Kier alpha value is -4.42. The van der Waals surface area contributed by atoms with E-state index in [9.17, 15) is 36.3 Å². The van der Waals surface area contributed by atoms with Crippen LogP contribution in [0.3, 0.4) is 0 Å². The molecular weight excluding hydrogens is 551 g/mol. The summed E-state index contributed by atoms with van der Waals surface area (Å²) in [5.41, 5.74) is -1.96. The molecule has 1 fully saturated rings. The minimum Gasteiger partial charge on any atom is -0.482 e. The van der Waals surface area contributed by atoms with E-state index in [1.165, 1.54) is 9.91 Å². The molecule has 0 saturated carbocycles. The zero-order valence-corrected chi connectivity index (χ0v) is 21.8. The van der Waals surface area contributed by atoms with Gasteiger partial charge in [-0.2, -0.15) is 0 Å². The quantitative estimate of drug-likeness (QED) is 0.431. The van der Waals surface area contributed by atoms with Gasteiger partial charge in [-0.15, -0.1) is 0 Å². The van der Waals surface area contributed by atoms with Gasteiger partial charge in [0.25, 0.3) is 18.2 Å². The summed E-state index contributed by atoms with van der Waals surface area (Å²) in [6.07, 6.45) is -1.56. The Balaban J connectivity index is 1.59. The number of hydrogen-bond acceptors (Lipinski definition) is 5. The van der Waals surface area contributed by atoms with Crippen LogP contribution in [0.4, 0.5) is 22.0 Å². The van der Waals surface area contributed by atoms with Crippen LogP contribution in [0.2, 0.25) is 0 Å². The maximum absolute atomic E-state index is 14.2. The summed E-state index contributed by atoms with van der Waals surface area (Å²) in [6.45, 7) is 0.570. The predicted octanol–water partition coefficient (Wildman–Crippen LogP) is 3.94. The summed E-state index contributed by atoms with van der Waals surface area (Å²) in [6, 6.07) is 7.74. The number of carbonyl (C=O) groups is 2. The number of alkyl halides is 2. The molecule has 41 heavy (non-hydrogen) atoms. The minimum atomic E-state index is -2.82. The molecule has 13 heteroatoms. The fourth-order valence-corrected chi connectivity index (χ4v) is 5.01. The molecule has 1 N–H and O–H groups in total. The molecule has 1 saturated heterocycles. The average Bonchev–Trinajstić information content (AvgIpc) is 3.08. The van der Waals surface area contributed by atoms with Gasteiger partial charge < -0.3 is 15.0 Å². The number of pyridine rings is 1. The third kappa shape index (κ3) is 5.35. The van der Waals surface area contributed by atoms with Gasteiger partial charge in [0.05, 0.1) is 0 Å². The smallest absolute Gasteiger partial charge is 0.278 e. The normalized spacial score (nSPS) is 18.3. The number of ether oxygens (including phenoxy) is 1. The molecule has 2 amide bonds. The van der Waals surface area contributed by atoms with E-state index in [-0.39, 0.29) is 31.8 Å². The molecule has 216 valence electrons. The van der Waals surface area contributed by atoms with E-state index in [2.05, 4.69) is 5.32 Å². The number of hydrogen-bond donors (Lipinski definition) is 1. The van der Waals surface area contributed by atoms with E-state index >= 15 is 0 Å². The Kier molecular flexibility index (Phi) is 7.70. The van der Waals surface area contributed by atoms with Crippen LogP contribution in [0.25, 0.3) is 0 Å². The van der Waals surface area contributed by atoms with Crippen LogP contribution in [0.5, 0.6) is 5.75 Å². The van der Waals surface area contributed by atoms with Crippen LogP contribution in [0.1, 0.15) is 51.7 Å². The van der Waals surface area contributed by atoms with Gasteiger partial charge in [-0.25, -0.2) is 22.0 Å². The number of amides is 2. The highest BCUT2D eigenvalue weighted by Gasteiger charge is 2.43. The second-order valence-corrected chi connectivity index (χ2v) is 9.88. The van der Waals surface area contributed by atoms with E-state index in [1.807, 2.05) is 0 Å². The number of carbonyl (C=O) groups excluding carboxylic acids is 2. The molecular formula is C28H25F5N4O4. The number of halogens is 5. The number of nitrogens with one attached hydrogen (secondary N) is 1. The second-order valence-electron chi connectivity index (χ2n) is 9.88. The predicted molar refractivity (Wildman–Crippen MR) is 137 cm³/mol. The van der Waals surface area contributed by atoms with Crippen molar-refractivity contribution < 1.29 is 36.3 Å². The summed E-state index contributed by atoms with van der Waals surface area (Å²) >= 11 is 0. The molecule has 0 unspecified atom stereocenters. The van der Waals surface area contributed by atoms with Crippen LogP contribution in [0.15, 0.2) is 53.5 Å². The monoisotopic (exact) mass is 576 g/mol. The molecule has 0 spiro atoms. The molecule has 3 heterocycles. The molecule has 1 aromatic heterocycles. The van der Waals surface area contributed by atoms with Gasteiger partial charge in [0.2, 0.25) is 5.43 Å². The van der Waals surface area contributed by atoms with E-state index in [0.29, 0.717) is 17.7 Å². The molecule has 2 bridgehead atoms. The van der Waals surface area contributed by atoms with E-state index in [0.717, 1.165) is 10.9 Å². The molecule has 0 radical (unpaired) electrons. The van der Waals surface area contributed by atoms with Crippen molar-refractivity contribution in [3.8, 4) is 5.75 Å². The van der Waals surface area contributed by atoms with Gasteiger partial charge in [0.1, 0.15) is 42.3 Å². The highest BCUT2D eigenvalue weighted by atomic mass is 19.3. The first-order valence-corrected chi connectivity index (χ1v) is 12.8. The van der Waals surface area contributed by atoms with Crippen molar-refractivity contribution in [2.75, 3.05) is 11.7 Å². The lowest BCUT2D eigenvalue weighted by Gasteiger charge is -2.42. The summed E-state index contributed by atoms with van der Waals surface area (Å²) in [5, 5.41) is 3.42. The SMILES string of the molecule is C[C@H]1CC[C@@H](C(F)F)N2CN1C(=O)c1c(OCc3ccccc3)c(=O)c(C(=O)NCc3c(F)cc(F)cc3F)cn12. The second kappa shape index (κ2) is 11.2. The highest BCUT2D eigenvalue weighted by Crippen LogP contribution is 2.31. The maximum Gasteiger partial charge on any atom is 0.278 e.